The van der Waals surface area contributed by atoms with Gasteiger partial charge in [-0.15, -0.1) is 10.2 Å². The highest BCUT2D eigenvalue weighted by Crippen LogP contribution is 2.29. The molecule has 1 aromatic heterocycles. The molecule has 1 fully saturated rings. The summed E-state index contributed by atoms with van der Waals surface area (Å²) in [5, 5.41) is 15.0. The summed E-state index contributed by atoms with van der Waals surface area (Å²) in [4.78, 5) is 26.5. The van der Waals surface area contributed by atoms with Gasteiger partial charge in [-0.1, -0.05) is 11.3 Å². The number of hydrogen-bond acceptors (Lipinski definition) is 7. The molecule has 29 heavy (non-hydrogen) atoms. The second-order valence-corrected chi connectivity index (χ2v) is 7.65. The quantitative estimate of drug-likeness (QED) is 0.668. The van der Waals surface area contributed by atoms with Crippen LogP contribution in [0.25, 0.3) is 0 Å². The maximum Gasteiger partial charge on any atom is 0.317 e. The molecule has 2 N–H and O–H groups in total. The molecule has 1 aromatic carbocycles. The minimum atomic E-state index is -0.302. The van der Waals surface area contributed by atoms with Crippen LogP contribution in [0.4, 0.5) is 10.5 Å². The largest absolute Gasteiger partial charge is 0.497 e. The monoisotopic (exact) mass is 419 g/mol. The minimum absolute atomic E-state index is 0.0805. The lowest BCUT2D eigenvalue weighted by Crippen LogP contribution is -2.45. The Morgan fingerprint density at radius 2 is 2.03 bits per heavy atom. The molecule has 2 aromatic rings. The van der Waals surface area contributed by atoms with Crippen LogP contribution in [-0.2, 0) is 4.74 Å². The lowest BCUT2D eigenvalue weighted by Gasteiger charge is -2.31. The highest BCUT2D eigenvalue weighted by molar-refractivity contribution is 7.13. The molecule has 0 radical (unpaired) electrons. The molecule has 0 bridgehead atoms. The van der Waals surface area contributed by atoms with E-state index in [1.165, 1.54) is 11.3 Å². The van der Waals surface area contributed by atoms with Crippen molar-refractivity contribution >= 4 is 29.0 Å². The Labute approximate surface area is 173 Å². The van der Waals surface area contributed by atoms with Crippen LogP contribution in [0.15, 0.2) is 24.3 Å². The van der Waals surface area contributed by atoms with Crippen LogP contribution in [0.5, 0.6) is 5.75 Å². The van der Waals surface area contributed by atoms with Gasteiger partial charge < -0.3 is 25.0 Å². The molecule has 0 aliphatic carbocycles. The van der Waals surface area contributed by atoms with Crippen LogP contribution < -0.4 is 15.4 Å². The van der Waals surface area contributed by atoms with Crippen LogP contribution in [0.2, 0.25) is 0 Å². The van der Waals surface area contributed by atoms with Crippen LogP contribution >= 0.6 is 11.3 Å². The first-order valence-corrected chi connectivity index (χ1v) is 10.2. The topological polar surface area (TPSA) is 106 Å². The number of anilines is 1. The number of ether oxygens (including phenoxy) is 2. The number of aromatic nitrogens is 2. The Kier molecular flexibility index (Phi) is 7.36. The average Bonchev–Trinajstić information content (AvgIpc) is 3.25. The number of nitrogens with one attached hydrogen (secondary N) is 2. The van der Waals surface area contributed by atoms with Gasteiger partial charge in [0.15, 0.2) is 0 Å². The number of hydrogen-bond donors (Lipinski definition) is 2. The third-order valence-electron chi connectivity index (χ3n) is 4.62. The van der Waals surface area contributed by atoms with Crippen molar-refractivity contribution in [3.63, 3.8) is 0 Å². The number of rotatable bonds is 7. The molecule has 1 aliphatic heterocycles. The van der Waals surface area contributed by atoms with E-state index < -0.39 is 0 Å². The summed E-state index contributed by atoms with van der Waals surface area (Å²) in [5.41, 5.74) is 0.657. The first kappa shape index (κ1) is 21.0. The smallest absolute Gasteiger partial charge is 0.317 e. The van der Waals surface area contributed by atoms with Crippen LogP contribution in [0.1, 0.15) is 33.6 Å². The second-order valence-electron chi connectivity index (χ2n) is 6.64. The highest BCUT2D eigenvalue weighted by Gasteiger charge is 2.28. The first-order chi connectivity index (χ1) is 14.1. The summed E-state index contributed by atoms with van der Waals surface area (Å²) in [6, 6.07) is 6.97. The van der Waals surface area contributed by atoms with Crippen molar-refractivity contribution in [2.45, 2.75) is 18.8 Å². The molecule has 3 rings (SSSR count). The van der Waals surface area contributed by atoms with Crippen molar-refractivity contribution < 1.29 is 19.1 Å². The van der Waals surface area contributed by atoms with Crippen LogP contribution in [0, 0.1) is 0 Å². The Bertz CT molecular complexity index is 826. The SMILES string of the molecule is COCCNC(=O)N1CCC[C@@H](c2nnc(C(=O)Nc3ccc(OC)cc3)s2)C1. The predicted molar refractivity (Wildman–Crippen MR) is 110 cm³/mol. The molecule has 156 valence electrons. The van der Waals surface area contributed by atoms with Gasteiger partial charge in [0.25, 0.3) is 5.91 Å². The summed E-state index contributed by atoms with van der Waals surface area (Å²) in [6.07, 6.45) is 1.80. The van der Waals surface area contributed by atoms with E-state index >= 15 is 0 Å². The molecule has 1 atom stereocenters. The van der Waals surface area contributed by atoms with Gasteiger partial charge in [0.2, 0.25) is 5.01 Å². The standard InChI is InChI=1S/C19H25N5O4S/c1-27-11-9-20-19(26)24-10-3-4-13(12-24)17-22-23-18(29-17)16(25)21-14-5-7-15(28-2)8-6-14/h5-8,13H,3-4,9-12H2,1-2H3,(H,20,26)(H,21,25)/t13-/m1/s1. The van der Waals surface area contributed by atoms with E-state index in [4.69, 9.17) is 9.47 Å². The van der Waals surface area contributed by atoms with Crippen molar-refractivity contribution in [1.82, 2.24) is 20.4 Å². The molecule has 3 amide bonds. The minimum Gasteiger partial charge on any atom is -0.497 e. The second kappa shape index (κ2) is 10.2. The average molecular weight is 420 g/mol. The number of carbonyl (C=O) groups is 2. The molecule has 10 heteroatoms. The van der Waals surface area contributed by atoms with Crippen molar-refractivity contribution in [3.05, 3.63) is 34.3 Å². The van der Waals surface area contributed by atoms with E-state index in [0.29, 0.717) is 42.7 Å². The number of likely N-dealkylation sites (tertiary alicyclic amines) is 1. The summed E-state index contributed by atoms with van der Waals surface area (Å²) in [7, 11) is 3.19. The van der Waals surface area contributed by atoms with E-state index in [1.54, 1.807) is 43.4 Å². The van der Waals surface area contributed by atoms with Gasteiger partial charge >= 0.3 is 6.03 Å². The van der Waals surface area contributed by atoms with Gasteiger partial charge in [0.05, 0.1) is 13.7 Å². The number of methoxy groups -OCH3 is 2. The zero-order valence-electron chi connectivity index (χ0n) is 16.5. The van der Waals surface area contributed by atoms with E-state index in [-0.39, 0.29) is 17.9 Å². The normalized spacial score (nSPS) is 16.3. The van der Waals surface area contributed by atoms with Crippen LogP contribution in [-0.4, -0.2) is 67.5 Å². The first-order valence-electron chi connectivity index (χ1n) is 9.41. The van der Waals surface area contributed by atoms with Crippen molar-refractivity contribution in [2.75, 3.05) is 45.8 Å². The molecule has 0 unspecified atom stereocenters. The fourth-order valence-electron chi connectivity index (χ4n) is 3.09. The molecular formula is C19H25N5O4S. The van der Waals surface area contributed by atoms with Gasteiger partial charge in [0.1, 0.15) is 10.8 Å². The lowest BCUT2D eigenvalue weighted by molar-refractivity contribution is 0.102. The third-order valence-corrected chi connectivity index (χ3v) is 5.71. The van der Waals surface area contributed by atoms with Gasteiger partial charge in [-0.3, -0.25) is 4.79 Å². The van der Waals surface area contributed by atoms with E-state index in [9.17, 15) is 9.59 Å². The maximum atomic E-state index is 12.5. The van der Waals surface area contributed by atoms with Crippen molar-refractivity contribution in [1.29, 1.82) is 0 Å². The summed E-state index contributed by atoms with van der Waals surface area (Å²) in [6.45, 7) is 2.23. The van der Waals surface area contributed by atoms with Gasteiger partial charge in [-0.25, -0.2) is 4.79 Å². The van der Waals surface area contributed by atoms with E-state index in [1.807, 2.05) is 0 Å². The number of piperidine rings is 1. The molecule has 0 saturated carbocycles. The molecule has 2 heterocycles. The van der Waals surface area contributed by atoms with E-state index in [2.05, 4.69) is 20.8 Å². The lowest BCUT2D eigenvalue weighted by atomic mass is 9.99. The molecular weight excluding hydrogens is 394 g/mol. The Hall–Kier alpha value is -2.72. The zero-order chi connectivity index (χ0) is 20.6. The summed E-state index contributed by atoms with van der Waals surface area (Å²) in [5.74, 6) is 0.496. The van der Waals surface area contributed by atoms with Crippen LogP contribution in [0.3, 0.4) is 0 Å². The number of amides is 3. The predicted octanol–water partition coefficient (Wildman–Crippen LogP) is 2.33. The summed E-state index contributed by atoms with van der Waals surface area (Å²) < 4.78 is 10.1. The van der Waals surface area contributed by atoms with E-state index in [0.717, 1.165) is 17.8 Å². The number of nitrogens with zero attached hydrogens (tertiary/aromatic N) is 3. The Morgan fingerprint density at radius 3 is 2.76 bits per heavy atom. The molecule has 0 spiro atoms. The third kappa shape index (κ3) is 5.64. The fraction of sp³-hybridized carbons (Fsp3) is 0.474. The number of benzene rings is 1. The maximum absolute atomic E-state index is 12.5. The molecule has 1 saturated heterocycles. The van der Waals surface area contributed by atoms with Gasteiger partial charge in [-0.2, -0.15) is 0 Å². The number of urea groups is 1. The summed E-state index contributed by atoms with van der Waals surface area (Å²) >= 11 is 1.27. The van der Waals surface area contributed by atoms with Gasteiger partial charge in [-0.05, 0) is 37.1 Å². The highest BCUT2D eigenvalue weighted by atomic mass is 32.1. The van der Waals surface area contributed by atoms with Crippen molar-refractivity contribution in [2.24, 2.45) is 0 Å². The molecule has 1 aliphatic rings. The Morgan fingerprint density at radius 1 is 1.24 bits per heavy atom. The fourth-order valence-corrected chi connectivity index (χ4v) is 3.95. The van der Waals surface area contributed by atoms with Gasteiger partial charge in [0, 0.05) is 38.3 Å². The van der Waals surface area contributed by atoms with Crippen molar-refractivity contribution in [3.8, 4) is 5.75 Å². The zero-order valence-corrected chi connectivity index (χ0v) is 17.3. The Balaban J connectivity index is 1.58. The molecule has 9 nitrogen and oxygen atoms in total. The number of carbonyl (C=O) groups excluding carboxylic acids is 2.